The molecule has 1 heterocycles. The van der Waals surface area contributed by atoms with Gasteiger partial charge in [-0.25, -0.2) is 0 Å². The minimum absolute atomic E-state index is 0.0719. The summed E-state index contributed by atoms with van der Waals surface area (Å²) in [7, 11) is 0. The third-order valence-electron chi connectivity index (χ3n) is 3.97. The van der Waals surface area contributed by atoms with Gasteiger partial charge in [0, 0.05) is 24.5 Å². The van der Waals surface area contributed by atoms with Gasteiger partial charge in [0.1, 0.15) is 0 Å². The summed E-state index contributed by atoms with van der Waals surface area (Å²) in [4.78, 5) is 25.4. The van der Waals surface area contributed by atoms with E-state index >= 15 is 0 Å². The first-order valence-electron chi connectivity index (χ1n) is 8.04. The number of carbonyl (C=O) groups is 2. The summed E-state index contributed by atoms with van der Waals surface area (Å²) in [5.41, 5.74) is 4.93. The number of carbonyl (C=O) groups excluding carboxylic acids is 2. The van der Waals surface area contributed by atoms with Crippen LogP contribution in [0.2, 0.25) is 0 Å². The van der Waals surface area contributed by atoms with Crippen molar-refractivity contribution in [3.8, 4) is 0 Å². The lowest BCUT2D eigenvalue weighted by Crippen LogP contribution is -2.54. The van der Waals surface area contributed by atoms with Crippen LogP contribution in [0.1, 0.15) is 53.4 Å². The second-order valence-corrected chi connectivity index (χ2v) is 7.32. The fourth-order valence-corrected chi connectivity index (χ4v) is 2.86. The monoisotopic (exact) mass is 297 g/mol. The molecular formula is C16H31N3O2. The molecule has 0 saturated carbocycles. The summed E-state index contributed by atoms with van der Waals surface area (Å²) in [6, 6.07) is 0.117. The van der Waals surface area contributed by atoms with Gasteiger partial charge >= 0.3 is 0 Å². The highest BCUT2D eigenvalue weighted by molar-refractivity contribution is 5.81. The van der Waals surface area contributed by atoms with E-state index in [9.17, 15) is 9.59 Å². The van der Waals surface area contributed by atoms with Crippen molar-refractivity contribution < 1.29 is 9.59 Å². The predicted molar refractivity (Wildman–Crippen MR) is 84.7 cm³/mol. The molecule has 21 heavy (non-hydrogen) atoms. The molecule has 1 aliphatic rings. The SMILES string of the molecule is CCCCC1CC(NC(=O)C(C)(C)C)CN(CC(N)=O)C1. The Kier molecular flexibility index (Phi) is 6.65. The first-order valence-corrected chi connectivity index (χ1v) is 8.04. The number of unbranched alkanes of at least 4 members (excludes halogenated alkanes) is 1. The molecule has 0 aromatic rings. The summed E-state index contributed by atoms with van der Waals surface area (Å²) < 4.78 is 0. The first-order chi connectivity index (χ1) is 9.72. The summed E-state index contributed by atoms with van der Waals surface area (Å²) in [5, 5.41) is 3.14. The normalized spacial score (nSPS) is 23.8. The number of hydrogen-bond acceptors (Lipinski definition) is 3. The zero-order chi connectivity index (χ0) is 16.0. The zero-order valence-electron chi connectivity index (χ0n) is 13.9. The van der Waals surface area contributed by atoms with E-state index < -0.39 is 0 Å². The van der Waals surface area contributed by atoms with Gasteiger partial charge in [-0.1, -0.05) is 40.5 Å². The van der Waals surface area contributed by atoms with Crippen molar-refractivity contribution in [1.82, 2.24) is 10.2 Å². The predicted octanol–water partition coefficient (Wildman–Crippen LogP) is 1.51. The third kappa shape index (κ3) is 6.46. The molecule has 0 aromatic carbocycles. The van der Waals surface area contributed by atoms with Crippen LogP contribution in [0.25, 0.3) is 0 Å². The molecule has 0 radical (unpaired) electrons. The Morgan fingerprint density at radius 2 is 1.95 bits per heavy atom. The van der Waals surface area contributed by atoms with Gasteiger partial charge in [0.2, 0.25) is 11.8 Å². The molecule has 0 aromatic heterocycles. The van der Waals surface area contributed by atoms with Crippen LogP contribution in [0.4, 0.5) is 0 Å². The molecule has 5 heteroatoms. The van der Waals surface area contributed by atoms with Gasteiger partial charge in [0.25, 0.3) is 0 Å². The number of nitrogens with two attached hydrogens (primary N) is 1. The quantitative estimate of drug-likeness (QED) is 0.780. The maximum absolute atomic E-state index is 12.2. The largest absolute Gasteiger partial charge is 0.369 e. The number of rotatable bonds is 6. The molecule has 1 saturated heterocycles. The Balaban J connectivity index is 2.64. The number of likely N-dealkylation sites (tertiary alicyclic amines) is 1. The van der Waals surface area contributed by atoms with Crippen molar-refractivity contribution in [2.75, 3.05) is 19.6 Å². The van der Waals surface area contributed by atoms with Gasteiger partial charge in [-0.3, -0.25) is 14.5 Å². The average molecular weight is 297 g/mol. The van der Waals surface area contributed by atoms with Gasteiger partial charge in [-0.05, 0) is 18.8 Å². The van der Waals surface area contributed by atoms with Crippen LogP contribution >= 0.6 is 0 Å². The Labute approximate surface area is 128 Å². The lowest BCUT2D eigenvalue weighted by Gasteiger charge is -2.38. The smallest absolute Gasteiger partial charge is 0.231 e. The van der Waals surface area contributed by atoms with Crippen molar-refractivity contribution >= 4 is 11.8 Å². The maximum atomic E-state index is 12.2. The fourth-order valence-electron chi connectivity index (χ4n) is 2.86. The standard InChI is InChI=1S/C16H31N3O2/c1-5-6-7-12-8-13(18-15(21)16(2,3)4)10-19(9-12)11-14(17)20/h12-13H,5-11H2,1-4H3,(H2,17,20)(H,18,21). The fraction of sp³-hybridized carbons (Fsp3) is 0.875. The van der Waals surface area contributed by atoms with Crippen LogP contribution in [0.3, 0.4) is 0 Å². The number of nitrogens with one attached hydrogen (secondary N) is 1. The van der Waals surface area contributed by atoms with Crippen LogP contribution < -0.4 is 11.1 Å². The minimum atomic E-state index is -0.384. The second-order valence-electron chi connectivity index (χ2n) is 7.32. The van der Waals surface area contributed by atoms with Crippen LogP contribution in [0.5, 0.6) is 0 Å². The van der Waals surface area contributed by atoms with Gasteiger partial charge < -0.3 is 11.1 Å². The lowest BCUT2D eigenvalue weighted by atomic mass is 9.88. The van der Waals surface area contributed by atoms with Gasteiger partial charge in [-0.15, -0.1) is 0 Å². The Bertz CT molecular complexity index is 363. The third-order valence-corrected chi connectivity index (χ3v) is 3.97. The Morgan fingerprint density at radius 1 is 1.29 bits per heavy atom. The van der Waals surface area contributed by atoms with Gasteiger partial charge in [-0.2, -0.15) is 0 Å². The van der Waals surface area contributed by atoms with E-state index in [0.29, 0.717) is 12.5 Å². The van der Waals surface area contributed by atoms with Crippen molar-refractivity contribution in [2.24, 2.45) is 17.1 Å². The molecular weight excluding hydrogens is 266 g/mol. The summed E-state index contributed by atoms with van der Waals surface area (Å²) >= 11 is 0. The number of piperidine rings is 1. The summed E-state index contributed by atoms with van der Waals surface area (Å²) in [6.07, 6.45) is 4.51. The molecule has 3 N–H and O–H groups in total. The van der Waals surface area contributed by atoms with E-state index in [0.717, 1.165) is 19.4 Å². The topological polar surface area (TPSA) is 75.4 Å². The molecule has 0 bridgehead atoms. The Morgan fingerprint density at radius 3 is 2.48 bits per heavy atom. The molecule has 1 rings (SSSR count). The highest BCUT2D eigenvalue weighted by Crippen LogP contribution is 2.23. The molecule has 1 fully saturated rings. The minimum Gasteiger partial charge on any atom is -0.369 e. The van der Waals surface area contributed by atoms with Crippen molar-refractivity contribution in [3.63, 3.8) is 0 Å². The van der Waals surface area contributed by atoms with Crippen LogP contribution in [0.15, 0.2) is 0 Å². The maximum Gasteiger partial charge on any atom is 0.231 e. The van der Waals surface area contributed by atoms with Crippen molar-refractivity contribution in [1.29, 1.82) is 0 Å². The van der Waals surface area contributed by atoms with Crippen LogP contribution in [-0.2, 0) is 9.59 Å². The number of nitrogens with zero attached hydrogens (tertiary/aromatic N) is 1. The summed E-state index contributed by atoms with van der Waals surface area (Å²) in [6.45, 7) is 9.84. The van der Waals surface area contributed by atoms with Crippen molar-refractivity contribution in [3.05, 3.63) is 0 Å². The van der Waals surface area contributed by atoms with E-state index in [-0.39, 0.29) is 29.8 Å². The molecule has 0 aliphatic carbocycles. The highest BCUT2D eigenvalue weighted by Gasteiger charge is 2.31. The van der Waals surface area contributed by atoms with E-state index in [1.807, 2.05) is 20.8 Å². The molecule has 122 valence electrons. The average Bonchev–Trinajstić information content (AvgIpc) is 2.34. The summed E-state index contributed by atoms with van der Waals surface area (Å²) in [5.74, 6) is 0.304. The van der Waals surface area contributed by atoms with Gasteiger partial charge in [0.05, 0.1) is 6.54 Å². The van der Waals surface area contributed by atoms with E-state index in [1.165, 1.54) is 12.8 Å². The van der Waals surface area contributed by atoms with E-state index in [2.05, 4.69) is 17.1 Å². The Hall–Kier alpha value is -1.10. The molecule has 2 amide bonds. The molecule has 0 spiro atoms. The second kappa shape index (κ2) is 7.78. The van der Waals surface area contributed by atoms with E-state index in [1.54, 1.807) is 0 Å². The van der Waals surface area contributed by atoms with Gasteiger partial charge in [0.15, 0.2) is 0 Å². The number of hydrogen-bond donors (Lipinski definition) is 2. The van der Waals surface area contributed by atoms with Crippen LogP contribution in [-0.4, -0.2) is 42.4 Å². The molecule has 2 unspecified atom stereocenters. The lowest BCUT2D eigenvalue weighted by molar-refractivity contribution is -0.129. The molecule has 1 aliphatic heterocycles. The number of amides is 2. The highest BCUT2D eigenvalue weighted by atomic mass is 16.2. The van der Waals surface area contributed by atoms with Crippen molar-refractivity contribution in [2.45, 2.75) is 59.4 Å². The zero-order valence-corrected chi connectivity index (χ0v) is 13.9. The molecule has 5 nitrogen and oxygen atoms in total. The van der Waals surface area contributed by atoms with Crippen LogP contribution in [0, 0.1) is 11.3 Å². The van der Waals surface area contributed by atoms with E-state index in [4.69, 9.17) is 5.73 Å². The number of primary amides is 1. The first kappa shape index (κ1) is 18.0. The molecule has 2 atom stereocenters.